The maximum absolute atomic E-state index is 2.33. The summed E-state index contributed by atoms with van der Waals surface area (Å²) < 4.78 is 0. The summed E-state index contributed by atoms with van der Waals surface area (Å²) in [6.45, 7) is 2.31. The molecule has 2 unspecified atom stereocenters. The minimum Gasteiger partial charge on any atom is -0.0805 e. The van der Waals surface area contributed by atoms with Crippen LogP contribution in [0.25, 0.3) is 6.08 Å². The van der Waals surface area contributed by atoms with Crippen molar-refractivity contribution >= 4 is 6.08 Å². The largest absolute Gasteiger partial charge is 0.0805 e. The molecule has 0 heteroatoms. The predicted octanol–water partition coefficient (Wildman–Crippen LogP) is 3.36. The molecule has 2 rings (SSSR count). The minimum atomic E-state index is 0.852. The van der Waals surface area contributed by atoms with Gasteiger partial charge in [-0.3, -0.25) is 0 Å². The molecule has 0 spiro atoms. The molecule has 12 heavy (non-hydrogen) atoms. The van der Waals surface area contributed by atoms with Crippen LogP contribution in [0.2, 0.25) is 0 Å². The minimum absolute atomic E-state index is 0.852. The zero-order valence-corrected chi connectivity index (χ0v) is 7.40. The van der Waals surface area contributed by atoms with Crippen LogP contribution in [-0.4, -0.2) is 0 Å². The van der Waals surface area contributed by atoms with Crippen LogP contribution in [0, 0.1) is 11.8 Å². The summed E-state index contributed by atoms with van der Waals surface area (Å²) >= 11 is 0. The number of hydrogen-bond acceptors (Lipinski definition) is 0. The second-order valence-corrected chi connectivity index (χ2v) is 3.65. The molecule has 0 aromatic heterocycles. The lowest BCUT2D eigenvalue weighted by molar-refractivity contribution is 0.902. The van der Waals surface area contributed by atoms with Gasteiger partial charge in [0.2, 0.25) is 0 Å². The summed E-state index contributed by atoms with van der Waals surface area (Å²) in [6, 6.07) is 10.5. The second kappa shape index (κ2) is 3.14. The quantitative estimate of drug-likeness (QED) is 0.619. The molecular weight excluding hydrogens is 144 g/mol. The second-order valence-electron chi connectivity index (χ2n) is 3.65. The molecular formula is C12H14. The van der Waals surface area contributed by atoms with Gasteiger partial charge in [-0.15, -0.1) is 0 Å². The van der Waals surface area contributed by atoms with Crippen LogP contribution >= 0.6 is 0 Å². The fourth-order valence-electron chi connectivity index (χ4n) is 1.42. The molecule has 1 aliphatic carbocycles. The van der Waals surface area contributed by atoms with Gasteiger partial charge in [0.05, 0.1) is 0 Å². The van der Waals surface area contributed by atoms with Gasteiger partial charge < -0.3 is 0 Å². The summed E-state index contributed by atoms with van der Waals surface area (Å²) in [7, 11) is 0. The Bertz CT molecular complexity index is 271. The van der Waals surface area contributed by atoms with Gasteiger partial charge >= 0.3 is 0 Å². The molecule has 2 atom stereocenters. The molecule has 0 N–H and O–H groups in total. The van der Waals surface area contributed by atoms with Crippen molar-refractivity contribution in [1.29, 1.82) is 0 Å². The van der Waals surface area contributed by atoms with Gasteiger partial charge in [0.25, 0.3) is 0 Å². The Kier molecular flexibility index (Phi) is 1.99. The highest BCUT2D eigenvalue weighted by molar-refractivity contribution is 5.49. The van der Waals surface area contributed by atoms with Crippen molar-refractivity contribution < 1.29 is 0 Å². The van der Waals surface area contributed by atoms with Crippen LogP contribution in [-0.2, 0) is 0 Å². The topological polar surface area (TPSA) is 0 Å². The standard InChI is InChI=1S/C12H14/c1-10-9-12(10)8-7-11-5-3-2-4-6-11/h2-8,10,12H,9H2,1H3/b8-7+. The first-order valence-corrected chi connectivity index (χ1v) is 4.59. The van der Waals surface area contributed by atoms with Crippen LogP contribution in [0.15, 0.2) is 36.4 Å². The van der Waals surface area contributed by atoms with Crippen molar-refractivity contribution in [2.24, 2.45) is 11.8 Å². The molecule has 0 amide bonds. The van der Waals surface area contributed by atoms with Crippen molar-refractivity contribution in [2.45, 2.75) is 13.3 Å². The molecule has 0 heterocycles. The Morgan fingerprint density at radius 1 is 1.25 bits per heavy atom. The maximum Gasteiger partial charge on any atom is -0.0201 e. The number of rotatable bonds is 2. The molecule has 1 fully saturated rings. The number of hydrogen-bond donors (Lipinski definition) is 0. The van der Waals surface area contributed by atoms with E-state index in [1.807, 2.05) is 0 Å². The molecule has 0 nitrogen and oxygen atoms in total. The van der Waals surface area contributed by atoms with Crippen molar-refractivity contribution in [3.8, 4) is 0 Å². The normalized spacial score (nSPS) is 27.8. The van der Waals surface area contributed by atoms with Gasteiger partial charge in [0, 0.05) is 0 Å². The monoisotopic (exact) mass is 158 g/mol. The van der Waals surface area contributed by atoms with Crippen LogP contribution in [0.1, 0.15) is 18.9 Å². The average molecular weight is 158 g/mol. The first-order valence-electron chi connectivity index (χ1n) is 4.59. The molecule has 1 aliphatic rings. The van der Waals surface area contributed by atoms with Gasteiger partial charge in [-0.25, -0.2) is 0 Å². The van der Waals surface area contributed by atoms with Crippen LogP contribution in [0.4, 0.5) is 0 Å². The van der Waals surface area contributed by atoms with Gasteiger partial charge in [0.1, 0.15) is 0 Å². The Morgan fingerprint density at radius 2 is 1.92 bits per heavy atom. The highest BCUT2D eigenvalue weighted by atomic mass is 14.3. The highest BCUT2D eigenvalue weighted by Crippen LogP contribution is 2.39. The molecule has 62 valence electrons. The number of benzene rings is 1. The van der Waals surface area contributed by atoms with Crippen LogP contribution in [0.5, 0.6) is 0 Å². The van der Waals surface area contributed by atoms with Crippen molar-refractivity contribution in [2.75, 3.05) is 0 Å². The van der Waals surface area contributed by atoms with E-state index in [0.29, 0.717) is 0 Å². The molecule has 1 saturated carbocycles. The van der Waals surface area contributed by atoms with Crippen molar-refractivity contribution in [3.63, 3.8) is 0 Å². The van der Waals surface area contributed by atoms with E-state index in [2.05, 4.69) is 49.4 Å². The van der Waals surface area contributed by atoms with Gasteiger partial charge in [-0.2, -0.15) is 0 Å². The lowest BCUT2D eigenvalue weighted by atomic mass is 10.2. The van der Waals surface area contributed by atoms with E-state index in [4.69, 9.17) is 0 Å². The first-order chi connectivity index (χ1) is 5.86. The van der Waals surface area contributed by atoms with Gasteiger partial charge in [-0.05, 0) is 23.8 Å². The Hall–Kier alpha value is -1.04. The van der Waals surface area contributed by atoms with E-state index in [9.17, 15) is 0 Å². The summed E-state index contributed by atoms with van der Waals surface area (Å²) in [5, 5.41) is 0. The lowest BCUT2D eigenvalue weighted by Gasteiger charge is -1.89. The number of allylic oxidation sites excluding steroid dienone is 1. The van der Waals surface area contributed by atoms with Crippen LogP contribution in [0.3, 0.4) is 0 Å². The third-order valence-corrected chi connectivity index (χ3v) is 2.51. The Balaban J connectivity index is 1.99. The molecule has 0 radical (unpaired) electrons. The fourth-order valence-corrected chi connectivity index (χ4v) is 1.42. The first kappa shape index (κ1) is 7.60. The summed E-state index contributed by atoms with van der Waals surface area (Å²) in [6.07, 6.45) is 5.94. The third kappa shape index (κ3) is 1.76. The SMILES string of the molecule is CC1CC1/C=C/c1ccccc1. The molecule has 0 saturated heterocycles. The lowest BCUT2D eigenvalue weighted by Crippen LogP contribution is -1.71. The van der Waals surface area contributed by atoms with E-state index in [1.54, 1.807) is 0 Å². The highest BCUT2D eigenvalue weighted by Gasteiger charge is 2.29. The summed E-state index contributed by atoms with van der Waals surface area (Å²) in [5.74, 6) is 1.77. The Labute approximate surface area is 73.9 Å². The maximum atomic E-state index is 2.33. The third-order valence-electron chi connectivity index (χ3n) is 2.51. The van der Waals surface area contributed by atoms with Crippen molar-refractivity contribution in [3.05, 3.63) is 42.0 Å². The summed E-state index contributed by atoms with van der Waals surface area (Å²) in [4.78, 5) is 0. The zero-order chi connectivity index (χ0) is 8.39. The van der Waals surface area contributed by atoms with E-state index < -0.39 is 0 Å². The van der Waals surface area contributed by atoms with Crippen LogP contribution < -0.4 is 0 Å². The zero-order valence-electron chi connectivity index (χ0n) is 7.40. The molecule has 1 aromatic carbocycles. The smallest absolute Gasteiger partial charge is 0.0201 e. The molecule has 0 aliphatic heterocycles. The van der Waals surface area contributed by atoms with E-state index in [-0.39, 0.29) is 0 Å². The summed E-state index contributed by atoms with van der Waals surface area (Å²) in [5.41, 5.74) is 1.32. The van der Waals surface area contributed by atoms with E-state index in [1.165, 1.54) is 12.0 Å². The molecule has 1 aromatic rings. The van der Waals surface area contributed by atoms with Crippen molar-refractivity contribution in [1.82, 2.24) is 0 Å². The van der Waals surface area contributed by atoms with Gasteiger partial charge in [0.15, 0.2) is 0 Å². The van der Waals surface area contributed by atoms with Gasteiger partial charge in [-0.1, -0.05) is 49.4 Å². The van der Waals surface area contributed by atoms with E-state index >= 15 is 0 Å². The fraction of sp³-hybridized carbons (Fsp3) is 0.333. The van der Waals surface area contributed by atoms with E-state index in [0.717, 1.165) is 11.8 Å². The molecule has 0 bridgehead atoms. The Morgan fingerprint density at radius 3 is 2.50 bits per heavy atom. The average Bonchev–Trinajstić information content (AvgIpc) is 2.81. The predicted molar refractivity (Wildman–Crippen MR) is 52.7 cm³/mol.